The third-order valence-corrected chi connectivity index (χ3v) is 9.57. The fourth-order valence-corrected chi connectivity index (χ4v) is 4.50. The van der Waals surface area contributed by atoms with Crippen molar-refractivity contribution in [3.63, 3.8) is 0 Å². The van der Waals surface area contributed by atoms with E-state index in [1.807, 2.05) is 0 Å². The van der Waals surface area contributed by atoms with E-state index in [1.54, 1.807) is 0 Å². The lowest BCUT2D eigenvalue weighted by Gasteiger charge is -2.39. The van der Waals surface area contributed by atoms with Gasteiger partial charge >= 0.3 is 0 Å². The van der Waals surface area contributed by atoms with E-state index in [4.69, 9.17) is 9.16 Å². The molecule has 0 aromatic heterocycles. The minimum absolute atomic E-state index is 0.205. The normalized spacial score (nSPS) is 36.8. The van der Waals surface area contributed by atoms with Crippen LogP contribution < -0.4 is 0 Å². The highest BCUT2D eigenvalue weighted by molar-refractivity contribution is 14.1. The molecule has 96 valence electrons. The van der Waals surface area contributed by atoms with Crippen LogP contribution in [-0.2, 0) is 9.16 Å². The zero-order valence-electron chi connectivity index (χ0n) is 11.5. The highest BCUT2D eigenvalue weighted by atomic mass is 127. The van der Waals surface area contributed by atoms with Crippen molar-refractivity contribution in [2.75, 3.05) is 0 Å². The molecule has 0 spiro atoms. The van der Waals surface area contributed by atoms with Gasteiger partial charge in [-0.3, -0.25) is 0 Å². The molecule has 1 unspecified atom stereocenters. The second-order valence-electron chi connectivity index (χ2n) is 6.39. The Kier molecular flexibility index (Phi) is 4.53. The number of hydrogen-bond donors (Lipinski definition) is 0. The Morgan fingerprint density at radius 2 is 1.69 bits per heavy atom. The lowest BCUT2D eigenvalue weighted by molar-refractivity contribution is 0.0859. The Balaban J connectivity index is 2.74. The summed E-state index contributed by atoms with van der Waals surface area (Å²) in [4.78, 5) is 0. The summed E-state index contributed by atoms with van der Waals surface area (Å²) in [5.74, 6) is 0.496. The molecule has 0 saturated carbocycles. The van der Waals surface area contributed by atoms with E-state index < -0.39 is 8.32 Å². The molecule has 4 atom stereocenters. The fourth-order valence-electron chi connectivity index (χ4n) is 1.59. The summed E-state index contributed by atoms with van der Waals surface area (Å²) in [7, 11) is -1.67. The molecule has 4 heteroatoms. The molecule has 1 fully saturated rings. The first-order valence-electron chi connectivity index (χ1n) is 6.03. The van der Waals surface area contributed by atoms with Crippen molar-refractivity contribution in [2.45, 2.75) is 69.1 Å². The van der Waals surface area contributed by atoms with Gasteiger partial charge in [0.25, 0.3) is 0 Å². The molecule has 1 heterocycles. The second kappa shape index (κ2) is 4.86. The van der Waals surface area contributed by atoms with Crippen LogP contribution in [0.15, 0.2) is 0 Å². The third-order valence-electron chi connectivity index (χ3n) is 4.10. The van der Waals surface area contributed by atoms with Gasteiger partial charge in [0, 0.05) is 5.92 Å². The van der Waals surface area contributed by atoms with Crippen LogP contribution in [0, 0.1) is 5.92 Å². The lowest BCUT2D eigenvalue weighted by Crippen LogP contribution is -2.46. The van der Waals surface area contributed by atoms with Crippen LogP contribution in [0.2, 0.25) is 18.1 Å². The average Bonchev–Trinajstić information content (AvgIpc) is 2.30. The predicted molar refractivity (Wildman–Crippen MR) is 79.6 cm³/mol. The number of alkyl halides is 1. The van der Waals surface area contributed by atoms with Crippen LogP contribution in [0.4, 0.5) is 0 Å². The van der Waals surface area contributed by atoms with Crippen molar-refractivity contribution in [3.8, 4) is 0 Å². The SMILES string of the molecule is CC1[C@H](C)O[C@H](I)[C@@H]1O[Si](C)(C)C(C)(C)C. The van der Waals surface area contributed by atoms with E-state index in [2.05, 4.69) is 70.3 Å². The highest BCUT2D eigenvalue weighted by Gasteiger charge is 2.46. The van der Waals surface area contributed by atoms with Gasteiger partial charge in [-0.05, 0) is 47.6 Å². The van der Waals surface area contributed by atoms with Gasteiger partial charge in [0.2, 0.25) is 0 Å². The molecule has 0 aliphatic carbocycles. The van der Waals surface area contributed by atoms with Gasteiger partial charge < -0.3 is 9.16 Å². The van der Waals surface area contributed by atoms with Crippen LogP contribution in [0.1, 0.15) is 34.6 Å². The smallest absolute Gasteiger partial charge is 0.192 e. The first-order chi connectivity index (χ1) is 7.06. The maximum absolute atomic E-state index is 6.46. The van der Waals surface area contributed by atoms with E-state index in [1.165, 1.54) is 0 Å². The minimum atomic E-state index is -1.67. The summed E-state index contributed by atoms with van der Waals surface area (Å²) in [6.45, 7) is 15.9. The summed E-state index contributed by atoms with van der Waals surface area (Å²) in [6, 6.07) is 0. The van der Waals surface area contributed by atoms with Crippen molar-refractivity contribution < 1.29 is 9.16 Å². The molecule has 0 aromatic rings. The van der Waals surface area contributed by atoms with E-state index in [0.29, 0.717) is 12.0 Å². The molecular weight excluding hydrogens is 331 g/mol. The number of halogens is 1. The molecule has 0 N–H and O–H groups in total. The van der Waals surface area contributed by atoms with Crippen molar-refractivity contribution >= 4 is 30.9 Å². The number of rotatable bonds is 2. The Morgan fingerprint density at radius 1 is 1.19 bits per heavy atom. The van der Waals surface area contributed by atoms with E-state index in [9.17, 15) is 0 Å². The average molecular weight is 356 g/mol. The standard InChI is InChI=1S/C12H25IO2Si/c1-8-9(2)14-11(13)10(8)15-16(6,7)12(3,4)5/h8-11H,1-7H3/t8?,9-,10+,11-/m0/s1. The van der Waals surface area contributed by atoms with Crippen LogP contribution in [0.5, 0.6) is 0 Å². The molecule has 1 rings (SSSR count). The van der Waals surface area contributed by atoms with Crippen LogP contribution in [0.3, 0.4) is 0 Å². The Labute approximate surface area is 115 Å². The minimum Gasteiger partial charge on any atom is -0.410 e. The summed E-state index contributed by atoms with van der Waals surface area (Å²) in [5, 5.41) is 0.273. The molecular formula is C12H25IO2Si. The monoisotopic (exact) mass is 356 g/mol. The van der Waals surface area contributed by atoms with E-state index in [0.717, 1.165) is 0 Å². The topological polar surface area (TPSA) is 18.5 Å². The molecule has 1 aliphatic rings. The van der Waals surface area contributed by atoms with Crippen LogP contribution in [0.25, 0.3) is 0 Å². The van der Waals surface area contributed by atoms with Gasteiger partial charge in [-0.1, -0.05) is 27.7 Å². The Hall–Kier alpha value is 0.867. The molecule has 2 nitrogen and oxygen atoms in total. The number of hydrogen-bond acceptors (Lipinski definition) is 2. The maximum atomic E-state index is 6.46. The summed E-state index contributed by atoms with van der Waals surface area (Å²) >= 11 is 2.37. The largest absolute Gasteiger partial charge is 0.410 e. The maximum Gasteiger partial charge on any atom is 0.192 e. The summed E-state index contributed by atoms with van der Waals surface area (Å²) < 4.78 is 12.5. The first-order valence-corrected chi connectivity index (χ1v) is 10.2. The van der Waals surface area contributed by atoms with E-state index in [-0.39, 0.29) is 15.3 Å². The molecule has 1 saturated heterocycles. The van der Waals surface area contributed by atoms with Gasteiger partial charge in [0.15, 0.2) is 8.32 Å². The predicted octanol–water partition coefficient (Wildman–Crippen LogP) is 4.19. The van der Waals surface area contributed by atoms with Gasteiger partial charge in [-0.2, -0.15) is 0 Å². The van der Waals surface area contributed by atoms with Gasteiger partial charge in [0.1, 0.15) is 4.11 Å². The second-order valence-corrected chi connectivity index (χ2v) is 12.4. The molecule has 0 aromatic carbocycles. The van der Waals surface area contributed by atoms with Gasteiger partial charge in [-0.15, -0.1) is 0 Å². The zero-order chi connectivity index (χ0) is 12.7. The van der Waals surface area contributed by atoms with Gasteiger partial charge in [0.05, 0.1) is 12.2 Å². The van der Waals surface area contributed by atoms with Crippen LogP contribution in [-0.4, -0.2) is 24.6 Å². The molecule has 16 heavy (non-hydrogen) atoms. The highest BCUT2D eigenvalue weighted by Crippen LogP contribution is 2.41. The Morgan fingerprint density at radius 3 is 2.00 bits per heavy atom. The fraction of sp³-hybridized carbons (Fsp3) is 1.00. The number of ether oxygens (including phenoxy) is 1. The molecule has 0 radical (unpaired) electrons. The van der Waals surface area contributed by atoms with Crippen molar-refractivity contribution in [1.82, 2.24) is 0 Å². The molecule has 0 bridgehead atoms. The van der Waals surface area contributed by atoms with Crippen LogP contribution >= 0.6 is 22.6 Å². The van der Waals surface area contributed by atoms with Crippen molar-refractivity contribution in [3.05, 3.63) is 0 Å². The Bertz CT molecular complexity index is 250. The lowest BCUT2D eigenvalue weighted by atomic mass is 10.0. The first kappa shape index (κ1) is 14.9. The van der Waals surface area contributed by atoms with Crippen molar-refractivity contribution in [1.29, 1.82) is 0 Å². The van der Waals surface area contributed by atoms with Gasteiger partial charge in [-0.25, -0.2) is 0 Å². The summed E-state index contributed by atoms with van der Waals surface area (Å²) in [5.41, 5.74) is 0. The van der Waals surface area contributed by atoms with Crippen molar-refractivity contribution in [2.24, 2.45) is 5.92 Å². The summed E-state index contributed by atoms with van der Waals surface area (Å²) in [6.07, 6.45) is 0.577. The third kappa shape index (κ3) is 3.00. The van der Waals surface area contributed by atoms with E-state index >= 15 is 0 Å². The molecule has 0 amide bonds. The quantitative estimate of drug-likeness (QED) is 0.420. The molecule has 1 aliphatic heterocycles. The zero-order valence-corrected chi connectivity index (χ0v) is 14.7.